The second kappa shape index (κ2) is 9.44. The molecule has 1 aromatic heterocycles. The Morgan fingerprint density at radius 1 is 0.906 bits per heavy atom. The maximum Gasteiger partial charge on any atom is 0.255 e. The molecule has 0 atom stereocenters. The Labute approximate surface area is 192 Å². The van der Waals surface area contributed by atoms with Crippen LogP contribution in [0.2, 0.25) is 0 Å². The molecule has 4 rings (SSSR count). The highest BCUT2D eigenvalue weighted by atomic mass is 79.9. The molecule has 0 aliphatic carbocycles. The maximum atomic E-state index is 13.3. The van der Waals surface area contributed by atoms with Crippen molar-refractivity contribution in [1.82, 2.24) is 9.88 Å². The van der Waals surface area contributed by atoms with E-state index in [-0.39, 0.29) is 11.5 Å². The Hall–Kier alpha value is -3.33. The Morgan fingerprint density at radius 3 is 2.25 bits per heavy atom. The number of carbonyl (C=O) groups is 2. The smallest absolute Gasteiger partial charge is 0.255 e. The van der Waals surface area contributed by atoms with Crippen molar-refractivity contribution < 1.29 is 18.4 Å². The van der Waals surface area contributed by atoms with Crippen LogP contribution in [0.5, 0.6) is 0 Å². The zero-order valence-corrected chi connectivity index (χ0v) is 18.5. The van der Waals surface area contributed by atoms with E-state index in [1.54, 1.807) is 18.2 Å². The third-order valence-electron chi connectivity index (χ3n) is 5.09. The summed E-state index contributed by atoms with van der Waals surface area (Å²) in [5.74, 6) is -1.56. The summed E-state index contributed by atoms with van der Waals surface area (Å²) in [5.41, 5.74) is 0.939. The van der Waals surface area contributed by atoms with E-state index in [2.05, 4.69) is 31.1 Å². The Balaban J connectivity index is 1.35. The van der Waals surface area contributed by atoms with Crippen LogP contribution >= 0.6 is 15.9 Å². The molecule has 6 nitrogen and oxygen atoms in total. The topological polar surface area (TPSA) is 65.5 Å². The molecule has 2 heterocycles. The summed E-state index contributed by atoms with van der Waals surface area (Å²) in [4.78, 5) is 33.1. The highest BCUT2D eigenvalue weighted by molar-refractivity contribution is 9.10. The van der Waals surface area contributed by atoms with E-state index < -0.39 is 17.5 Å². The zero-order valence-electron chi connectivity index (χ0n) is 16.9. The predicted octanol–water partition coefficient (Wildman–Crippen LogP) is 4.34. The molecule has 0 bridgehead atoms. The molecule has 1 aliphatic rings. The first-order chi connectivity index (χ1) is 15.4. The van der Waals surface area contributed by atoms with Crippen molar-refractivity contribution in [2.75, 3.05) is 36.4 Å². The van der Waals surface area contributed by atoms with Gasteiger partial charge < -0.3 is 15.1 Å². The molecule has 1 aliphatic heterocycles. The molecule has 164 valence electrons. The normalized spacial score (nSPS) is 13.7. The molecule has 9 heteroatoms. The fourth-order valence-electron chi connectivity index (χ4n) is 3.48. The van der Waals surface area contributed by atoms with Crippen LogP contribution in [-0.4, -0.2) is 47.9 Å². The molecule has 1 saturated heterocycles. The molecule has 0 radical (unpaired) electrons. The van der Waals surface area contributed by atoms with Gasteiger partial charge in [0.05, 0.1) is 11.9 Å². The maximum absolute atomic E-state index is 13.3. The first kappa shape index (κ1) is 21.9. The van der Waals surface area contributed by atoms with Crippen molar-refractivity contribution >= 4 is 39.2 Å². The zero-order chi connectivity index (χ0) is 22.7. The fraction of sp³-hybridized carbons (Fsp3) is 0.174. The highest BCUT2D eigenvalue weighted by Crippen LogP contribution is 2.19. The predicted molar refractivity (Wildman–Crippen MR) is 121 cm³/mol. The summed E-state index contributed by atoms with van der Waals surface area (Å²) in [5, 5.41) is 2.58. The van der Waals surface area contributed by atoms with Crippen LogP contribution in [0.15, 0.2) is 65.3 Å². The monoisotopic (exact) mass is 500 g/mol. The minimum atomic E-state index is -0.818. The number of carbonyl (C=O) groups excluding carboxylic acids is 2. The third-order valence-corrected chi connectivity index (χ3v) is 5.59. The van der Waals surface area contributed by atoms with E-state index in [1.807, 2.05) is 23.1 Å². The van der Waals surface area contributed by atoms with Crippen LogP contribution in [0.3, 0.4) is 0 Å². The van der Waals surface area contributed by atoms with Crippen molar-refractivity contribution in [2.24, 2.45) is 0 Å². The van der Waals surface area contributed by atoms with Crippen molar-refractivity contribution in [1.29, 1.82) is 0 Å². The molecular weight excluding hydrogens is 482 g/mol. The summed E-state index contributed by atoms with van der Waals surface area (Å²) in [7, 11) is 0. The first-order valence-corrected chi connectivity index (χ1v) is 10.7. The van der Waals surface area contributed by atoms with E-state index in [9.17, 15) is 18.4 Å². The van der Waals surface area contributed by atoms with Gasteiger partial charge in [-0.15, -0.1) is 0 Å². The second-order valence-electron chi connectivity index (χ2n) is 7.31. The number of pyridine rings is 1. The Kier molecular flexibility index (Phi) is 6.45. The summed E-state index contributed by atoms with van der Waals surface area (Å²) >= 11 is 3.39. The van der Waals surface area contributed by atoms with Gasteiger partial charge in [0, 0.05) is 47.8 Å². The number of nitrogens with zero attached hydrogens (tertiary/aromatic N) is 3. The van der Waals surface area contributed by atoms with Gasteiger partial charge in [-0.05, 0) is 42.5 Å². The van der Waals surface area contributed by atoms with Crippen LogP contribution < -0.4 is 10.2 Å². The summed E-state index contributed by atoms with van der Waals surface area (Å²) in [6, 6.07) is 13.4. The van der Waals surface area contributed by atoms with Crippen molar-refractivity contribution in [3.05, 3.63) is 88.0 Å². The molecule has 3 aromatic rings. The van der Waals surface area contributed by atoms with Crippen molar-refractivity contribution in [3.63, 3.8) is 0 Å². The molecule has 2 aromatic carbocycles. The molecule has 1 N–H and O–H groups in total. The lowest BCUT2D eigenvalue weighted by atomic mass is 10.2. The van der Waals surface area contributed by atoms with Gasteiger partial charge in [0.25, 0.3) is 11.8 Å². The van der Waals surface area contributed by atoms with E-state index in [0.717, 1.165) is 16.6 Å². The minimum absolute atomic E-state index is 0.00856. The number of hydrogen-bond acceptors (Lipinski definition) is 4. The lowest BCUT2D eigenvalue weighted by Crippen LogP contribution is -2.49. The number of halogens is 3. The van der Waals surface area contributed by atoms with Gasteiger partial charge in [0.15, 0.2) is 0 Å². The Bertz CT molecular complexity index is 1130. The van der Waals surface area contributed by atoms with Crippen molar-refractivity contribution in [2.45, 2.75) is 0 Å². The number of amides is 2. The molecular formula is C23H19BrF2N4O2. The van der Waals surface area contributed by atoms with Crippen LogP contribution in [0, 0.1) is 11.6 Å². The molecule has 2 amide bonds. The van der Waals surface area contributed by atoms with Gasteiger partial charge in [-0.3, -0.25) is 9.59 Å². The largest absolute Gasteiger partial charge is 0.353 e. The van der Waals surface area contributed by atoms with E-state index in [0.29, 0.717) is 49.3 Å². The van der Waals surface area contributed by atoms with E-state index in [1.165, 1.54) is 6.20 Å². The quantitative estimate of drug-likeness (QED) is 0.578. The van der Waals surface area contributed by atoms with Crippen LogP contribution in [-0.2, 0) is 0 Å². The SMILES string of the molecule is O=C(Nc1ccc(N2CCN(C(=O)c3cccc(Br)c3)CC2)nc1)c1cc(F)cc(F)c1. The van der Waals surface area contributed by atoms with Crippen molar-refractivity contribution in [3.8, 4) is 0 Å². The van der Waals surface area contributed by atoms with Gasteiger partial charge in [-0.1, -0.05) is 22.0 Å². The van der Waals surface area contributed by atoms with Gasteiger partial charge in [-0.25, -0.2) is 13.8 Å². The Morgan fingerprint density at radius 2 is 1.62 bits per heavy atom. The first-order valence-electron chi connectivity index (χ1n) is 9.92. The minimum Gasteiger partial charge on any atom is -0.353 e. The summed E-state index contributed by atoms with van der Waals surface area (Å²) in [6.45, 7) is 2.38. The van der Waals surface area contributed by atoms with E-state index >= 15 is 0 Å². The van der Waals surface area contributed by atoms with Crippen LogP contribution in [0.25, 0.3) is 0 Å². The molecule has 32 heavy (non-hydrogen) atoms. The molecule has 0 spiro atoms. The fourth-order valence-corrected chi connectivity index (χ4v) is 3.88. The number of nitrogens with one attached hydrogen (secondary N) is 1. The molecule has 1 fully saturated rings. The highest BCUT2D eigenvalue weighted by Gasteiger charge is 2.23. The van der Waals surface area contributed by atoms with Gasteiger partial charge in [0.2, 0.25) is 0 Å². The number of hydrogen-bond donors (Lipinski definition) is 1. The average Bonchev–Trinajstić information content (AvgIpc) is 2.78. The van der Waals surface area contributed by atoms with Gasteiger partial charge in [0.1, 0.15) is 17.5 Å². The third kappa shape index (κ3) is 5.11. The number of anilines is 2. The van der Waals surface area contributed by atoms with E-state index in [4.69, 9.17) is 0 Å². The standard InChI is InChI=1S/C23H19BrF2N4O2/c24-17-3-1-2-15(10-17)23(32)30-8-6-29(7-9-30)21-5-4-20(14-27-21)28-22(31)16-11-18(25)13-19(26)12-16/h1-5,10-14H,6-9H2,(H,28,31). The molecule has 0 unspecified atom stereocenters. The van der Waals surface area contributed by atoms with Gasteiger partial charge >= 0.3 is 0 Å². The lowest BCUT2D eigenvalue weighted by molar-refractivity contribution is 0.0746. The second-order valence-corrected chi connectivity index (χ2v) is 8.22. The number of benzene rings is 2. The lowest BCUT2D eigenvalue weighted by Gasteiger charge is -2.35. The number of aromatic nitrogens is 1. The van der Waals surface area contributed by atoms with Crippen LogP contribution in [0.4, 0.5) is 20.3 Å². The van der Waals surface area contributed by atoms with Gasteiger partial charge in [-0.2, -0.15) is 0 Å². The average molecular weight is 501 g/mol. The summed E-state index contributed by atoms with van der Waals surface area (Å²) in [6.07, 6.45) is 1.49. The van der Waals surface area contributed by atoms with Crippen LogP contribution in [0.1, 0.15) is 20.7 Å². The summed E-state index contributed by atoms with van der Waals surface area (Å²) < 4.78 is 27.5. The molecule has 0 saturated carbocycles. The number of rotatable bonds is 4. The number of piperazine rings is 1.